The maximum atomic E-state index is 12.1. The maximum absolute atomic E-state index is 12.1. The van der Waals surface area contributed by atoms with Crippen LogP contribution >= 0.6 is 0 Å². The molecule has 4 rings (SSSR count). The Kier molecular flexibility index (Phi) is 2.67. The number of hydrogen-bond donors (Lipinski definition) is 0. The number of carbonyl (C=O) groups excluding carboxylic acids is 1. The van der Waals surface area contributed by atoms with Gasteiger partial charge in [0.15, 0.2) is 0 Å². The zero-order valence-corrected chi connectivity index (χ0v) is 12.3. The van der Waals surface area contributed by atoms with E-state index in [1.807, 2.05) is 4.90 Å². The molecular weight excluding hydrogens is 264 g/mol. The summed E-state index contributed by atoms with van der Waals surface area (Å²) in [5, 5.41) is 1.11. The van der Waals surface area contributed by atoms with Gasteiger partial charge in [0.25, 0.3) is 0 Å². The first-order chi connectivity index (χ1) is 10.1. The molecule has 2 heterocycles. The second-order valence-corrected chi connectivity index (χ2v) is 6.11. The van der Waals surface area contributed by atoms with E-state index in [0.29, 0.717) is 18.5 Å². The van der Waals surface area contributed by atoms with Gasteiger partial charge in [-0.3, -0.25) is 0 Å². The molecule has 0 atom stereocenters. The summed E-state index contributed by atoms with van der Waals surface area (Å²) in [5.74, 6) is 0.483. The number of pyridine rings is 1. The van der Waals surface area contributed by atoms with Gasteiger partial charge in [0.2, 0.25) is 5.88 Å². The Morgan fingerprint density at radius 1 is 1.29 bits per heavy atom. The molecule has 1 amide bonds. The van der Waals surface area contributed by atoms with Gasteiger partial charge in [-0.1, -0.05) is 12.1 Å². The van der Waals surface area contributed by atoms with Gasteiger partial charge in [-0.05, 0) is 50.3 Å². The van der Waals surface area contributed by atoms with Crippen LogP contribution in [0.3, 0.4) is 0 Å². The Morgan fingerprint density at radius 2 is 2.10 bits per heavy atom. The summed E-state index contributed by atoms with van der Waals surface area (Å²) >= 11 is 0. The predicted octanol–water partition coefficient (Wildman–Crippen LogP) is 3.72. The summed E-state index contributed by atoms with van der Waals surface area (Å²) in [5.41, 5.74) is 4.29. The number of hydrogen-bond acceptors (Lipinski definition) is 3. The van der Waals surface area contributed by atoms with Crippen LogP contribution in [0.4, 0.5) is 4.79 Å². The number of carbonyl (C=O) groups is 1. The molecule has 0 N–H and O–H groups in total. The van der Waals surface area contributed by atoms with Crippen LogP contribution in [-0.2, 0) is 6.54 Å². The van der Waals surface area contributed by atoms with Crippen molar-refractivity contribution in [3.05, 3.63) is 34.9 Å². The molecule has 0 unspecified atom stereocenters. The van der Waals surface area contributed by atoms with Gasteiger partial charge in [0.05, 0.1) is 12.1 Å². The molecule has 0 spiro atoms. The summed E-state index contributed by atoms with van der Waals surface area (Å²) in [6, 6.07) is 6.67. The van der Waals surface area contributed by atoms with Gasteiger partial charge in [0.1, 0.15) is 0 Å². The lowest BCUT2D eigenvalue weighted by molar-refractivity contribution is 0.0862. The number of aromatic nitrogens is 1. The van der Waals surface area contributed by atoms with Gasteiger partial charge in [-0.2, -0.15) is 0 Å². The molecule has 1 aromatic carbocycles. The fourth-order valence-electron chi connectivity index (χ4n) is 3.08. The lowest BCUT2D eigenvalue weighted by Gasteiger charge is -2.38. The van der Waals surface area contributed by atoms with E-state index in [4.69, 9.17) is 4.74 Å². The highest BCUT2D eigenvalue weighted by atomic mass is 16.6. The minimum absolute atomic E-state index is 0.246. The SMILES string of the molecule is Cc1ccc2cc3c(nc2c1C)OC(=O)N(C1CCC1)C3. The van der Waals surface area contributed by atoms with Crippen molar-refractivity contribution < 1.29 is 9.53 Å². The van der Waals surface area contributed by atoms with Crippen LogP contribution in [0, 0.1) is 13.8 Å². The largest absolute Gasteiger partial charge is 0.417 e. The Hall–Kier alpha value is -2.10. The summed E-state index contributed by atoms with van der Waals surface area (Å²) < 4.78 is 5.48. The number of rotatable bonds is 1. The number of amides is 1. The Labute approximate surface area is 123 Å². The van der Waals surface area contributed by atoms with Crippen LogP contribution in [0.2, 0.25) is 0 Å². The van der Waals surface area contributed by atoms with E-state index < -0.39 is 0 Å². The van der Waals surface area contributed by atoms with Gasteiger partial charge in [0, 0.05) is 17.0 Å². The van der Waals surface area contributed by atoms with E-state index >= 15 is 0 Å². The van der Waals surface area contributed by atoms with Crippen molar-refractivity contribution >= 4 is 17.0 Å². The number of fused-ring (bicyclic) bond motifs is 2. The maximum Gasteiger partial charge on any atom is 0.417 e. The molecule has 0 radical (unpaired) electrons. The van der Waals surface area contributed by atoms with E-state index in [1.54, 1.807) is 0 Å². The van der Waals surface area contributed by atoms with Crippen molar-refractivity contribution in [3.63, 3.8) is 0 Å². The zero-order valence-electron chi connectivity index (χ0n) is 12.3. The average molecular weight is 282 g/mol. The quantitative estimate of drug-likeness (QED) is 0.800. The van der Waals surface area contributed by atoms with Crippen molar-refractivity contribution in [3.8, 4) is 5.88 Å². The van der Waals surface area contributed by atoms with E-state index in [1.165, 1.54) is 12.0 Å². The van der Waals surface area contributed by atoms with Crippen molar-refractivity contribution in [1.82, 2.24) is 9.88 Å². The third-order valence-corrected chi connectivity index (χ3v) is 4.83. The minimum Gasteiger partial charge on any atom is -0.391 e. The Bertz CT molecular complexity index is 750. The second kappa shape index (κ2) is 4.45. The van der Waals surface area contributed by atoms with Crippen LogP contribution in [0.5, 0.6) is 5.88 Å². The van der Waals surface area contributed by atoms with Crippen LogP contribution in [0.25, 0.3) is 10.9 Å². The fourth-order valence-corrected chi connectivity index (χ4v) is 3.08. The van der Waals surface area contributed by atoms with Crippen LogP contribution in [0.15, 0.2) is 18.2 Å². The van der Waals surface area contributed by atoms with Gasteiger partial charge in [-0.15, -0.1) is 0 Å². The molecular formula is C17H18N2O2. The highest BCUT2D eigenvalue weighted by Crippen LogP contribution is 2.34. The first-order valence-electron chi connectivity index (χ1n) is 7.52. The van der Waals surface area contributed by atoms with Crippen LogP contribution < -0.4 is 4.74 Å². The molecule has 0 bridgehead atoms. The Morgan fingerprint density at radius 3 is 2.81 bits per heavy atom. The lowest BCUT2D eigenvalue weighted by atomic mass is 9.91. The number of aryl methyl sites for hydroxylation is 2. The molecule has 2 aliphatic rings. The fraction of sp³-hybridized carbons (Fsp3) is 0.412. The molecule has 1 aliphatic carbocycles. The van der Waals surface area contributed by atoms with Crippen molar-refractivity contribution in [2.75, 3.05) is 0 Å². The number of benzene rings is 1. The first kappa shape index (κ1) is 12.6. The summed E-state index contributed by atoms with van der Waals surface area (Å²) in [7, 11) is 0. The predicted molar refractivity (Wildman–Crippen MR) is 80.4 cm³/mol. The number of nitrogens with zero attached hydrogens (tertiary/aromatic N) is 2. The zero-order chi connectivity index (χ0) is 14.6. The molecule has 1 aromatic heterocycles. The van der Waals surface area contributed by atoms with Crippen LogP contribution in [-0.4, -0.2) is 22.0 Å². The molecule has 0 saturated heterocycles. The molecule has 108 valence electrons. The van der Waals surface area contributed by atoms with Gasteiger partial charge >= 0.3 is 6.09 Å². The van der Waals surface area contributed by atoms with Crippen molar-refractivity contribution in [2.45, 2.75) is 45.7 Å². The van der Waals surface area contributed by atoms with E-state index in [9.17, 15) is 4.79 Å². The molecule has 4 heteroatoms. The molecule has 4 nitrogen and oxygen atoms in total. The highest BCUT2D eigenvalue weighted by Gasteiger charge is 2.34. The van der Waals surface area contributed by atoms with Gasteiger partial charge < -0.3 is 9.64 Å². The average Bonchev–Trinajstić information content (AvgIpc) is 2.41. The number of ether oxygens (including phenoxy) is 1. The third kappa shape index (κ3) is 1.89. The molecule has 21 heavy (non-hydrogen) atoms. The van der Waals surface area contributed by atoms with Crippen molar-refractivity contribution in [1.29, 1.82) is 0 Å². The summed E-state index contributed by atoms with van der Waals surface area (Å²) in [4.78, 5) is 18.6. The van der Waals surface area contributed by atoms with E-state index in [2.05, 4.69) is 37.0 Å². The summed E-state index contributed by atoms with van der Waals surface area (Å²) in [6.07, 6.45) is 3.13. The monoisotopic (exact) mass is 282 g/mol. The molecule has 1 saturated carbocycles. The molecule has 1 fully saturated rings. The highest BCUT2D eigenvalue weighted by molar-refractivity contribution is 5.85. The van der Waals surface area contributed by atoms with E-state index in [-0.39, 0.29) is 6.09 Å². The Balaban J connectivity index is 1.80. The normalized spacial score (nSPS) is 18.4. The smallest absolute Gasteiger partial charge is 0.391 e. The van der Waals surface area contributed by atoms with Gasteiger partial charge in [-0.25, -0.2) is 9.78 Å². The minimum atomic E-state index is -0.246. The standard InChI is InChI=1S/C17H18N2O2/c1-10-6-7-12-8-13-9-19(14-4-3-5-14)17(20)21-16(13)18-15(12)11(10)2/h6-8,14H,3-5,9H2,1-2H3. The topological polar surface area (TPSA) is 42.4 Å². The molecule has 1 aliphatic heterocycles. The third-order valence-electron chi connectivity index (χ3n) is 4.83. The first-order valence-corrected chi connectivity index (χ1v) is 7.52. The summed E-state index contributed by atoms with van der Waals surface area (Å²) in [6.45, 7) is 4.75. The lowest BCUT2D eigenvalue weighted by Crippen LogP contribution is -2.47. The second-order valence-electron chi connectivity index (χ2n) is 6.11. The van der Waals surface area contributed by atoms with Crippen LogP contribution in [0.1, 0.15) is 36.0 Å². The molecule has 2 aromatic rings. The van der Waals surface area contributed by atoms with Crippen molar-refractivity contribution in [2.24, 2.45) is 0 Å². The van der Waals surface area contributed by atoms with E-state index in [0.717, 1.165) is 34.9 Å².